The van der Waals surface area contributed by atoms with Gasteiger partial charge in [-0.15, -0.1) is 0 Å². The third-order valence-corrected chi connectivity index (χ3v) is 4.26. The van der Waals surface area contributed by atoms with E-state index in [1.807, 2.05) is 18.2 Å². The Kier molecular flexibility index (Phi) is 6.39. The summed E-state index contributed by atoms with van der Waals surface area (Å²) in [5.41, 5.74) is 2.01. The predicted molar refractivity (Wildman–Crippen MR) is 104 cm³/mol. The molecule has 3 aromatic rings. The smallest absolute Gasteiger partial charge is 0.287 e. The van der Waals surface area contributed by atoms with Gasteiger partial charge in [0.15, 0.2) is 5.76 Å². The van der Waals surface area contributed by atoms with Crippen molar-refractivity contribution in [3.63, 3.8) is 0 Å². The monoisotopic (exact) mass is 366 g/mol. The number of benzene rings is 2. The normalized spacial score (nSPS) is 10.9. The minimum absolute atomic E-state index is 0.242. The van der Waals surface area contributed by atoms with Crippen molar-refractivity contribution in [2.75, 3.05) is 20.1 Å². The molecule has 0 atom stereocenters. The lowest BCUT2D eigenvalue weighted by molar-refractivity contribution is 0.0925. The van der Waals surface area contributed by atoms with Crippen LogP contribution in [0.2, 0.25) is 0 Å². The summed E-state index contributed by atoms with van der Waals surface area (Å²) in [5.74, 6) is 0.254. The Labute approximate surface area is 158 Å². The van der Waals surface area contributed by atoms with E-state index >= 15 is 0 Å². The van der Waals surface area contributed by atoms with Crippen molar-refractivity contribution in [1.29, 1.82) is 0 Å². The molecule has 5 heteroatoms. The van der Waals surface area contributed by atoms with Crippen molar-refractivity contribution >= 4 is 5.91 Å². The van der Waals surface area contributed by atoms with Crippen molar-refractivity contribution in [2.45, 2.75) is 13.0 Å². The molecular formula is C22H23FN2O2. The summed E-state index contributed by atoms with van der Waals surface area (Å²) in [4.78, 5) is 14.4. The van der Waals surface area contributed by atoms with Crippen LogP contribution in [0.3, 0.4) is 0 Å². The number of amides is 1. The van der Waals surface area contributed by atoms with Crippen LogP contribution in [0.25, 0.3) is 11.3 Å². The molecule has 0 fully saturated rings. The minimum atomic E-state index is -0.305. The second-order valence-corrected chi connectivity index (χ2v) is 6.50. The van der Waals surface area contributed by atoms with Gasteiger partial charge in [0, 0.05) is 18.7 Å². The highest BCUT2D eigenvalue weighted by Gasteiger charge is 2.12. The number of furan rings is 1. The fraction of sp³-hybridized carbons (Fsp3) is 0.227. The SMILES string of the molecule is CN(CCCNC(=O)c1ccc(-c2ccc(F)cc2)o1)Cc1ccccc1. The molecule has 0 unspecified atom stereocenters. The Morgan fingerprint density at radius 2 is 1.78 bits per heavy atom. The standard InChI is InChI=1S/C22H23FN2O2/c1-25(16-17-6-3-2-4-7-17)15-5-14-24-22(26)21-13-12-20(27-21)18-8-10-19(23)11-9-18/h2-4,6-13H,5,14-16H2,1H3,(H,24,26). The van der Waals surface area contributed by atoms with Gasteiger partial charge in [-0.05, 0) is 62.0 Å². The van der Waals surface area contributed by atoms with Crippen molar-refractivity contribution in [1.82, 2.24) is 10.2 Å². The summed E-state index contributed by atoms with van der Waals surface area (Å²) < 4.78 is 18.6. The van der Waals surface area contributed by atoms with E-state index in [4.69, 9.17) is 4.42 Å². The maximum absolute atomic E-state index is 13.0. The third-order valence-electron chi connectivity index (χ3n) is 4.26. The molecule has 4 nitrogen and oxygen atoms in total. The maximum atomic E-state index is 13.0. The second kappa shape index (κ2) is 9.14. The molecule has 3 rings (SSSR count). The van der Waals surface area contributed by atoms with Crippen LogP contribution in [0.4, 0.5) is 4.39 Å². The predicted octanol–water partition coefficient (Wildman–Crippen LogP) is 4.34. The lowest BCUT2D eigenvalue weighted by Gasteiger charge is -2.16. The molecule has 1 aromatic heterocycles. The molecule has 1 amide bonds. The first-order chi connectivity index (χ1) is 13.1. The van der Waals surface area contributed by atoms with E-state index in [1.54, 1.807) is 24.3 Å². The van der Waals surface area contributed by atoms with Crippen LogP contribution in [-0.2, 0) is 6.54 Å². The molecule has 0 radical (unpaired) electrons. The molecule has 0 aliphatic heterocycles. The first kappa shape index (κ1) is 18.9. The van der Waals surface area contributed by atoms with Gasteiger partial charge in [-0.2, -0.15) is 0 Å². The van der Waals surface area contributed by atoms with E-state index in [0.717, 1.165) is 25.1 Å². The van der Waals surface area contributed by atoms with Gasteiger partial charge in [0.25, 0.3) is 5.91 Å². The van der Waals surface area contributed by atoms with E-state index in [1.165, 1.54) is 17.7 Å². The molecule has 0 spiro atoms. The van der Waals surface area contributed by atoms with Crippen LogP contribution >= 0.6 is 0 Å². The molecule has 0 bridgehead atoms. The molecule has 1 N–H and O–H groups in total. The highest BCUT2D eigenvalue weighted by atomic mass is 19.1. The van der Waals surface area contributed by atoms with E-state index in [2.05, 4.69) is 29.4 Å². The fourth-order valence-corrected chi connectivity index (χ4v) is 2.84. The molecule has 2 aromatic carbocycles. The zero-order valence-electron chi connectivity index (χ0n) is 15.3. The van der Waals surface area contributed by atoms with Gasteiger partial charge in [0.05, 0.1) is 0 Å². The average Bonchev–Trinajstić information content (AvgIpc) is 3.17. The largest absolute Gasteiger partial charge is 0.451 e. The molecule has 1 heterocycles. The Balaban J connectivity index is 1.42. The third kappa shape index (κ3) is 5.53. The van der Waals surface area contributed by atoms with E-state index in [9.17, 15) is 9.18 Å². The molecular weight excluding hydrogens is 343 g/mol. The Morgan fingerprint density at radius 3 is 2.52 bits per heavy atom. The number of carbonyl (C=O) groups is 1. The lowest BCUT2D eigenvalue weighted by atomic mass is 10.2. The number of nitrogens with one attached hydrogen (secondary N) is 1. The Bertz CT molecular complexity index is 860. The average molecular weight is 366 g/mol. The zero-order valence-corrected chi connectivity index (χ0v) is 15.3. The van der Waals surface area contributed by atoms with E-state index < -0.39 is 0 Å². The van der Waals surface area contributed by atoms with Crippen LogP contribution in [0.1, 0.15) is 22.5 Å². The van der Waals surface area contributed by atoms with Crippen molar-refractivity contribution < 1.29 is 13.6 Å². The number of rotatable bonds is 8. The number of carbonyl (C=O) groups excluding carboxylic acids is 1. The van der Waals surface area contributed by atoms with Crippen LogP contribution in [0.15, 0.2) is 71.1 Å². The van der Waals surface area contributed by atoms with Gasteiger partial charge in [-0.1, -0.05) is 30.3 Å². The molecule has 0 saturated heterocycles. The van der Waals surface area contributed by atoms with Gasteiger partial charge in [-0.25, -0.2) is 4.39 Å². The molecule has 0 saturated carbocycles. The molecule has 140 valence electrons. The van der Waals surface area contributed by atoms with Crippen LogP contribution in [0.5, 0.6) is 0 Å². The highest BCUT2D eigenvalue weighted by Crippen LogP contribution is 2.22. The summed E-state index contributed by atoms with van der Waals surface area (Å²) >= 11 is 0. The highest BCUT2D eigenvalue weighted by molar-refractivity contribution is 5.92. The van der Waals surface area contributed by atoms with Crippen molar-refractivity contribution in [3.8, 4) is 11.3 Å². The minimum Gasteiger partial charge on any atom is -0.451 e. The summed E-state index contributed by atoms with van der Waals surface area (Å²) in [6, 6.07) is 19.6. The summed E-state index contributed by atoms with van der Waals surface area (Å²) in [5, 5.41) is 2.87. The maximum Gasteiger partial charge on any atom is 0.287 e. The summed E-state index contributed by atoms with van der Waals surface area (Å²) in [6.07, 6.45) is 0.848. The van der Waals surface area contributed by atoms with Gasteiger partial charge < -0.3 is 14.6 Å². The first-order valence-electron chi connectivity index (χ1n) is 8.98. The van der Waals surface area contributed by atoms with Crippen LogP contribution < -0.4 is 5.32 Å². The zero-order chi connectivity index (χ0) is 19.1. The Hall–Kier alpha value is -2.92. The van der Waals surface area contributed by atoms with E-state index in [0.29, 0.717) is 12.3 Å². The number of hydrogen-bond donors (Lipinski definition) is 1. The number of hydrogen-bond acceptors (Lipinski definition) is 3. The number of halogens is 1. The fourth-order valence-electron chi connectivity index (χ4n) is 2.84. The van der Waals surface area contributed by atoms with Crippen molar-refractivity contribution in [2.24, 2.45) is 0 Å². The van der Waals surface area contributed by atoms with Gasteiger partial charge in [0.1, 0.15) is 11.6 Å². The second-order valence-electron chi connectivity index (χ2n) is 6.50. The van der Waals surface area contributed by atoms with Gasteiger partial charge in [-0.3, -0.25) is 4.79 Å². The Morgan fingerprint density at radius 1 is 1.04 bits per heavy atom. The molecule has 0 aliphatic rings. The summed E-state index contributed by atoms with van der Waals surface area (Å²) in [7, 11) is 2.07. The quantitative estimate of drug-likeness (QED) is 0.603. The topological polar surface area (TPSA) is 45.5 Å². The van der Waals surface area contributed by atoms with Gasteiger partial charge in [0.2, 0.25) is 0 Å². The lowest BCUT2D eigenvalue weighted by Crippen LogP contribution is -2.27. The molecule has 0 aliphatic carbocycles. The number of nitrogens with zero attached hydrogens (tertiary/aromatic N) is 1. The van der Waals surface area contributed by atoms with E-state index in [-0.39, 0.29) is 17.5 Å². The van der Waals surface area contributed by atoms with Crippen LogP contribution in [0, 0.1) is 5.82 Å². The van der Waals surface area contributed by atoms with Crippen molar-refractivity contribution in [3.05, 3.63) is 83.9 Å². The van der Waals surface area contributed by atoms with Crippen LogP contribution in [-0.4, -0.2) is 30.9 Å². The molecule has 27 heavy (non-hydrogen) atoms. The van der Waals surface area contributed by atoms with Gasteiger partial charge >= 0.3 is 0 Å². The summed E-state index contributed by atoms with van der Waals surface area (Å²) in [6.45, 7) is 2.34. The first-order valence-corrected chi connectivity index (χ1v) is 8.98.